The third-order valence-electron chi connectivity index (χ3n) is 6.59. The van der Waals surface area contributed by atoms with Crippen molar-refractivity contribution < 1.29 is 0 Å². The first-order valence-electron chi connectivity index (χ1n) is 12.6. The molecule has 0 amide bonds. The maximum atomic E-state index is 2.52. The van der Waals surface area contributed by atoms with E-state index in [-0.39, 0.29) is 0 Å². The van der Waals surface area contributed by atoms with Crippen molar-refractivity contribution in [3.63, 3.8) is 0 Å². The molecular weight excluding hydrogens is 312 g/mol. The van der Waals surface area contributed by atoms with Gasteiger partial charge in [0.1, 0.15) is 0 Å². The first-order chi connectivity index (χ1) is 12.6. The van der Waals surface area contributed by atoms with E-state index >= 15 is 0 Å². The molecule has 0 aromatic heterocycles. The molecule has 0 spiro atoms. The molecule has 0 fully saturated rings. The Morgan fingerprint density at radius 3 is 1.31 bits per heavy atom. The Kier molecular flexibility index (Phi) is 18.4. The van der Waals surface area contributed by atoms with E-state index in [9.17, 15) is 0 Å². The maximum absolute atomic E-state index is 2.52. The summed E-state index contributed by atoms with van der Waals surface area (Å²) >= 11 is 0. The van der Waals surface area contributed by atoms with Crippen LogP contribution in [0.5, 0.6) is 0 Å². The summed E-state index contributed by atoms with van der Waals surface area (Å²) in [5, 5.41) is 0. The standard InChI is InChI=1S/C26H54/c1-7-12-16-23(6)20-25(18-14-9-3)22-26(19-15-10-4)21-24(11-5)17-13-8-2/h23-26H,7-22H2,1-6H3/t23-,24+,25+,26-/m1/s1. The lowest BCUT2D eigenvalue weighted by atomic mass is 9.77. The van der Waals surface area contributed by atoms with Crippen LogP contribution in [0.1, 0.15) is 144 Å². The second-order valence-electron chi connectivity index (χ2n) is 9.39. The lowest BCUT2D eigenvalue weighted by Crippen LogP contribution is -2.16. The fraction of sp³-hybridized carbons (Fsp3) is 1.00. The minimum absolute atomic E-state index is 0.936. The van der Waals surface area contributed by atoms with Gasteiger partial charge in [-0.25, -0.2) is 0 Å². The van der Waals surface area contributed by atoms with E-state index in [0.29, 0.717) is 0 Å². The summed E-state index contributed by atoms with van der Waals surface area (Å²) in [5.74, 6) is 3.91. The first-order valence-corrected chi connectivity index (χ1v) is 12.6. The van der Waals surface area contributed by atoms with Gasteiger partial charge in [-0.3, -0.25) is 0 Å². The van der Waals surface area contributed by atoms with Crippen LogP contribution in [0.2, 0.25) is 0 Å². The highest BCUT2D eigenvalue weighted by molar-refractivity contribution is 4.73. The summed E-state index contributed by atoms with van der Waals surface area (Å²) < 4.78 is 0. The molecule has 0 N–H and O–H groups in total. The fourth-order valence-electron chi connectivity index (χ4n) is 4.81. The van der Waals surface area contributed by atoms with Crippen LogP contribution in [0.25, 0.3) is 0 Å². The first kappa shape index (κ1) is 26.0. The van der Waals surface area contributed by atoms with Gasteiger partial charge in [-0.15, -0.1) is 0 Å². The molecule has 0 heteroatoms. The highest BCUT2D eigenvalue weighted by atomic mass is 14.3. The van der Waals surface area contributed by atoms with Gasteiger partial charge >= 0.3 is 0 Å². The molecular formula is C26H54. The Morgan fingerprint density at radius 2 is 0.846 bits per heavy atom. The molecule has 0 aliphatic heterocycles. The quantitative estimate of drug-likeness (QED) is 0.213. The van der Waals surface area contributed by atoms with Crippen molar-refractivity contribution in [1.82, 2.24) is 0 Å². The Morgan fingerprint density at radius 1 is 0.462 bits per heavy atom. The zero-order chi connectivity index (χ0) is 19.6. The monoisotopic (exact) mass is 366 g/mol. The fourth-order valence-corrected chi connectivity index (χ4v) is 4.81. The van der Waals surface area contributed by atoms with Crippen LogP contribution in [0.15, 0.2) is 0 Å². The Hall–Kier alpha value is 0. The largest absolute Gasteiger partial charge is 0.0654 e. The molecule has 0 unspecified atom stereocenters. The van der Waals surface area contributed by atoms with E-state index in [4.69, 9.17) is 0 Å². The lowest BCUT2D eigenvalue weighted by Gasteiger charge is -2.29. The van der Waals surface area contributed by atoms with Crippen molar-refractivity contribution in [2.75, 3.05) is 0 Å². The summed E-state index contributed by atoms with van der Waals surface area (Å²) in [4.78, 5) is 0. The van der Waals surface area contributed by atoms with E-state index in [1.165, 1.54) is 103 Å². The molecule has 0 heterocycles. The summed E-state index contributed by atoms with van der Waals surface area (Å²) in [5.41, 5.74) is 0. The van der Waals surface area contributed by atoms with Gasteiger partial charge in [0.15, 0.2) is 0 Å². The molecule has 4 atom stereocenters. The van der Waals surface area contributed by atoms with Gasteiger partial charge in [-0.2, -0.15) is 0 Å². The molecule has 0 aromatic rings. The van der Waals surface area contributed by atoms with Crippen LogP contribution in [-0.2, 0) is 0 Å². The topological polar surface area (TPSA) is 0 Å². The van der Waals surface area contributed by atoms with Gasteiger partial charge in [0.2, 0.25) is 0 Å². The average molecular weight is 367 g/mol. The zero-order valence-corrected chi connectivity index (χ0v) is 19.6. The van der Waals surface area contributed by atoms with Crippen LogP contribution in [0.4, 0.5) is 0 Å². The predicted octanol–water partition coefficient (Wildman–Crippen LogP) is 9.81. The molecule has 26 heavy (non-hydrogen) atoms. The minimum Gasteiger partial charge on any atom is -0.0654 e. The van der Waals surface area contributed by atoms with Crippen LogP contribution >= 0.6 is 0 Å². The SMILES string of the molecule is CCCC[C@@H](C)C[C@H](CCCC)C[C@H](CCCC)C[C@@H](CC)CCCC. The normalized spacial score (nSPS) is 16.4. The molecule has 0 nitrogen and oxygen atoms in total. The van der Waals surface area contributed by atoms with Gasteiger partial charge < -0.3 is 0 Å². The van der Waals surface area contributed by atoms with Crippen LogP contribution in [0, 0.1) is 23.7 Å². The maximum Gasteiger partial charge on any atom is -0.0409 e. The number of unbranched alkanes of at least 4 members (excludes halogenated alkanes) is 4. The predicted molar refractivity (Wildman–Crippen MR) is 122 cm³/mol. The highest BCUT2D eigenvalue weighted by Gasteiger charge is 2.21. The molecule has 0 bridgehead atoms. The van der Waals surface area contributed by atoms with E-state index < -0.39 is 0 Å². The second-order valence-corrected chi connectivity index (χ2v) is 9.39. The van der Waals surface area contributed by atoms with Gasteiger partial charge in [0, 0.05) is 0 Å². The van der Waals surface area contributed by atoms with Crippen molar-refractivity contribution in [2.45, 2.75) is 144 Å². The third-order valence-corrected chi connectivity index (χ3v) is 6.59. The Bertz CT molecular complexity index is 269. The highest BCUT2D eigenvalue weighted by Crippen LogP contribution is 2.34. The van der Waals surface area contributed by atoms with Crippen LogP contribution in [-0.4, -0.2) is 0 Å². The molecule has 0 saturated heterocycles. The molecule has 0 rings (SSSR count). The summed E-state index contributed by atoms with van der Waals surface area (Å²) in [6.45, 7) is 14.4. The van der Waals surface area contributed by atoms with E-state index in [1.54, 1.807) is 0 Å². The Balaban J connectivity index is 4.74. The Labute approximate surface area is 168 Å². The van der Waals surface area contributed by atoms with Crippen molar-refractivity contribution in [2.24, 2.45) is 23.7 Å². The molecule has 0 aliphatic rings. The van der Waals surface area contributed by atoms with Crippen LogP contribution < -0.4 is 0 Å². The van der Waals surface area contributed by atoms with Gasteiger partial charge in [0.25, 0.3) is 0 Å². The lowest BCUT2D eigenvalue weighted by molar-refractivity contribution is 0.233. The van der Waals surface area contributed by atoms with Gasteiger partial charge in [-0.1, -0.05) is 125 Å². The number of hydrogen-bond acceptors (Lipinski definition) is 0. The summed E-state index contributed by atoms with van der Waals surface area (Å²) in [6.07, 6.45) is 23.1. The molecule has 0 saturated carbocycles. The van der Waals surface area contributed by atoms with Crippen LogP contribution in [0.3, 0.4) is 0 Å². The zero-order valence-electron chi connectivity index (χ0n) is 19.6. The number of rotatable bonds is 19. The molecule has 0 radical (unpaired) electrons. The van der Waals surface area contributed by atoms with Crippen molar-refractivity contribution >= 4 is 0 Å². The second kappa shape index (κ2) is 18.4. The van der Waals surface area contributed by atoms with E-state index in [2.05, 4.69) is 41.5 Å². The smallest absolute Gasteiger partial charge is 0.0409 e. The van der Waals surface area contributed by atoms with Crippen molar-refractivity contribution in [1.29, 1.82) is 0 Å². The third kappa shape index (κ3) is 14.1. The molecule has 0 aromatic carbocycles. The average Bonchev–Trinajstić information content (AvgIpc) is 2.65. The minimum atomic E-state index is 0.936. The summed E-state index contributed by atoms with van der Waals surface area (Å²) in [6, 6.07) is 0. The van der Waals surface area contributed by atoms with Crippen molar-refractivity contribution in [3.8, 4) is 0 Å². The van der Waals surface area contributed by atoms with Gasteiger partial charge in [-0.05, 0) is 42.9 Å². The molecule has 158 valence electrons. The van der Waals surface area contributed by atoms with Crippen molar-refractivity contribution in [3.05, 3.63) is 0 Å². The van der Waals surface area contributed by atoms with E-state index in [1.807, 2.05) is 0 Å². The van der Waals surface area contributed by atoms with E-state index in [0.717, 1.165) is 23.7 Å². The molecule has 0 aliphatic carbocycles. The number of hydrogen-bond donors (Lipinski definition) is 0. The van der Waals surface area contributed by atoms with Gasteiger partial charge in [0.05, 0.1) is 0 Å². The summed E-state index contributed by atoms with van der Waals surface area (Å²) in [7, 11) is 0.